The van der Waals surface area contributed by atoms with Gasteiger partial charge in [0.1, 0.15) is 5.75 Å². The van der Waals surface area contributed by atoms with Gasteiger partial charge in [0.25, 0.3) is 0 Å². The fourth-order valence-corrected chi connectivity index (χ4v) is 4.52. The minimum atomic E-state index is -3.70. The summed E-state index contributed by atoms with van der Waals surface area (Å²) in [5, 5.41) is 2.95. The number of sulfonamides is 1. The molecule has 1 amide bonds. The quantitative estimate of drug-likeness (QED) is 0.775. The van der Waals surface area contributed by atoms with Crippen LogP contribution in [0.15, 0.2) is 35.7 Å². The van der Waals surface area contributed by atoms with Gasteiger partial charge in [0, 0.05) is 19.6 Å². The molecule has 1 aromatic rings. The Balaban J connectivity index is 2.18. The molecule has 1 aliphatic heterocycles. The molecule has 6 nitrogen and oxygen atoms in total. The molecule has 0 spiro atoms. The Labute approximate surface area is 147 Å². The number of rotatable bonds is 6. The average Bonchev–Trinajstić information content (AvgIpc) is 2.59. The fraction of sp³-hybridized carbons (Fsp3) is 0.438. The van der Waals surface area contributed by atoms with Crippen LogP contribution in [0.3, 0.4) is 0 Å². The number of nitrogens with zero attached hydrogens (tertiary/aromatic N) is 1. The number of piperidine rings is 1. The molecule has 1 saturated heterocycles. The van der Waals surface area contributed by atoms with Crippen LogP contribution in [0, 0.1) is 5.92 Å². The molecule has 0 bridgehead atoms. The molecule has 24 heavy (non-hydrogen) atoms. The van der Waals surface area contributed by atoms with Crippen molar-refractivity contribution in [1.82, 2.24) is 9.62 Å². The van der Waals surface area contributed by atoms with E-state index in [9.17, 15) is 13.2 Å². The normalized spacial score (nSPS) is 18.8. The van der Waals surface area contributed by atoms with Crippen LogP contribution in [0.2, 0.25) is 5.02 Å². The second kappa shape index (κ2) is 8.00. The molecule has 1 aliphatic rings. The molecule has 0 aromatic heterocycles. The Kier molecular flexibility index (Phi) is 6.26. The zero-order chi connectivity index (χ0) is 17.7. The SMILES string of the molecule is C=CCNC(=O)C1CCCN(S(=O)(=O)c2ccc(OC)c(Cl)c2)C1. The molecule has 1 fully saturated rings. The lowest BCUT2D eigenvalue weighted by Gasteiger charge is -2.31. The second-order valence-corrected chi connectivity index (χ2v) is 7.88. The third kappa shape index (κ3) is 4.09. The van der Waals surface area contributed by atoms with Crippen LogP contribution in [0.1, 0.15) is 12.8 Å². The summed E-state index contributed by atoms with van der Waals surface area (Å²) in [6.45, 7) is 4.47. The number of hydrogen-bond donors (Lipinski definition) is 1. The lowest BCUT2D eigenvalue weighted by Crippen LogP contribution is -2.45. The second-order valence-electron chi connectivity index (χ2n) is 5.53. The average molecular weight is 373 g/mol. The highest BCUT2D eigenvalue weighted by Gasteiger charge is 2.33. The van der Waals surface area contributed by atoms with Crippen LogP contribution < -0.4 is 10.1 Å². The van der Waals surface area contributed by atoms with E-state index in [1.54, 1.807) is 6.08 Å². The molecule has 8 heteroatoms. The topological polar surface area (TPSA) is 75.7 Å². The third-order valence-corrected chi connectivity index (χ3v) is 6.09. The highest BCUT2D eigenvalue weighted by atomic mass is 35.5. The molecule has 2 rings (SSSR count). The van der Waals surface area contributed by atoms with Crippen molar-refractivity contribution in [2.45, 2.75) is 17.7 Å². The fourth-order valence-electron chi connectivity index (χ4n) is 2.65. The Bertz CT molecular complexity index is 721. The van der Waals surface area contributed by atoms with Gasteiger partial charge in [-0.3, -0.25) is 4.79 Å². The number of methoxy groups -OCH3 is 1. The third-order valence-electron chi connectivity index (χ3n) is 3.94. The number of amides is 1. The highest BCUT2D eigenvalue weighted by molar-refractivity contribution is 7.89. The van der Waals surface area contributed by atoms with E-state index in [4.69, 9.17) is 16.3 Å². The van der Waals surface area contributed by atoms with E-state index in [0.717, 1.165) is 0 Å². The van der Waals surface area contributed by atoms with Crippen molar-refractivity contribution in [2.75, 3.05) is 26.7 Å². The summed E-state index contributed by atoms with van der Waals surface area (Å²) >= 11 is 6.03. The van der Waals surface area contributed by atoms with Crippen LogP contribution in [0.25, 0.3) is 0 Å². The first-order chi connectivity index (χ1) is 11.4. The first-order valence-electron chi connectivity index (χ1n) is 7.62. The maximum absolute atomic E-state index is 12.8. The molecule has 1 unspecified atom stereocenters. The van der Waals surface area contributed by atoms with E-state index in [1.807, 2.05) is 0 Å². The van der Waals surface area contributed by atoms with Crippen molar-refractivity contribution in [1.29, 1.82) is 0 Å². The molecule has 0 radical (unpaired) electrons. The number of nitrogens with one attached hydrogen (secondary N) is 1. The molecule has 1 aromatic carbocycles. The van der Waals surface area contributed by atoms with Gasteiger partial charge in [-0.15, -0.1) is 6.58 Å². The van der Waals surface area contributed by atoms with Crippen molar-refractivity contribution < 1.29 is 17.9 Å². The smallest absolute Gasteiger partial charge is 0.243 e. The minimum Gasteiger partial charge on any atom is -0.495 e. The number of carbonyl (C=O) groups is 1. The summed E-state index contributed by atoms with van der Waals surface area (Å²) in [6.07, 6.45) is 2.89. The van der Waals surface area contributed by atoms with Crippen LogP contribution in [0.5, 0.6) is 5.75 Å². The first kappa shape index (κ1) is 18.8. The maximum Gasteiger partial charge on any atom is 0.243 e. The highest BCUT2D eigenvalue weighted by Crippen LogP contribution is 2.30. The predicted molar refractivity (Wildman–Crippen MR) is 92.7 cm³/mol. The Morgan fingerprint density at radius 3 is 2.92 bits per heavy atom. The molecule has 1 atom stereocenters. The van der Waals surface area contributed by atoms with E-state index < -0.39 is 10.0 Å². The van der Waals surface area contributed by atoms with E-state index in [2.05, 4.69) is 11.9 Å². The van der Waals surface area contributed by atoms with Crippen LogP contribution >= 0.6 is 11.6 Å². The largest absolute Gasteiger partial charge is 0.495 e. The molecule has 1 heterocycles. The minimum absolute atomic E-state index is 0.0976. The number of ether oxygens (including phenoxy) is 1. The zero-order valence-electron chi connectivity index (χ0n) is 13.5. The van der Waals surface area contributed by atoms with E-state index in [0.29, 0.717) is 31.7 Å². The van der Waals surface area contributed by atoms with Crippen molar-refractivity contribution in [2.24, 2.45) is 5.92 Å². The van der Waals surface area contributed by atoms with E-state index >= 15 is 0 Å². The number of carbonyl (C=O) groups excluding carboxylic acids is 1. The van der Waals surface area contributed by atoms with Crippen molar-refractivity contribution in [3.05, 3.63) is 35.9 Å². The predicted octanol–water partition coefficient (Wildman–Crippen LogP) is 2.05. The number of benzene rings is 1. The number of hydrogen-bond acceptors (Lipinski definition) is 4. The monoisotopic (exact) mass is 372 g/mol. The summed E-state index contributed by atoms with van der Waals surface area (Å²) in [6, 6.07) is 4.35. The van der Waals surface area contributed by atoms with Gasteiger partial charge in [-0.1, -0.05) is 17.7 Å². The lowest BCUT2D eigenvalue weighted by atomic mass is 9.99. The Morgan fingerprint density at radius 2 is 2.29 bits per heavy atom. The molecule has 0 saturated carbocycles. The Morgan fingerprint density at radius 1 is 1.54 bits per heavy atom. The summed E-state index contributed by atoms with van der Waals surface area (Å²) in [5.41, 5.74) is 0. The molecule has 132 valence electrons. The van der Waals surface area contributed by atoms with Crippen molar-refractivity contribution in [3.8, 4) is 5.75 Å². The van der Waals surface area contributed by atoms with Crippen molar-refractivity contribution >= 4 is 27.5 Å². The summed E-state index contributed by atoms with van der Waals surface area (Å²) in [5.74, 6) is -0.0966. The molecular formula is C16H21ClN2O4S. The van der Waals surface area contributed by atoms with Gasteiger partial charge < -0.3 is 10.1 Å². The van der Waals surface area contributed by atoms with Gasteiger partial charge in [0.05, 0.1) is 22.9 Å². The maximum atomic E-state index is 12.8. The van der Waals surface area contributed by atoms with Gasteiger partial charge in [-0.05, 0) is 31.0 Å². The van der Waals surface area contributed by atoms with Gasteiger partial charge in [0.2, 0.25) is 15.9 Å². The summed E-state index contributed by atoms with van der Waals surface area (Å²) < 4.78 is 32.0. The number of halogens is 1. The molecular weight excluding hydrogens is 352 g/mol. The van der Waals surface area contributed by atoms with Crippen LogP contribution in [-0.2, 0) is 14.8 Å². The zero-order valence-corrected chi connectivity index (χ0v) is 15.1. The van der Waals surface area contributed by atoms with Crippen molar-refractivity contribution in [3.63, 3.8) is 0 Å². The lowest BCUT2D eigenvalue weighted by molar-refractivity contribution is -0.125. The van der Waals surface area contributed by atoms with Crippen LogP contribution in [-0.4, -0.2) is 45.4 Å². The first-order valence-corrected chi connectivity index (χ1v) is 9.44. The molecule has 1 N–H and O–H groups in total. The van der Waals surface area contributed by atoms with Gasteiger partial charge in [-0.2, -0.15) is 4.31 Å². The van der Waals surface area contributed by atoms with Gasteiger partial charge in [0.15, 0.2) is 0 Å². The standard InChI is InChI=1S/C16H21ClN2O4S/c1-3-8-18-16(20)12-5-4-9-19(11-12)24(21,22)13-6-7-15(23-2)14(17)10-13/h3,6-7,10,12H,1,4-5,8-9,11H2,2H3,(H,18,20). The van der Waals surface area contributed by atoms with E-state index in [1.165, 1.54) is 29.6 Å². The summed E-state index contributed by atoms with van der Waals surface area (Å²) in [7, 11) is -2.24. The van der Waals surface area contributed by atoms with E-state index in [-0.39, 0.29) is 28.3 Å². The van der Waals surface area contributed by atoms with Gasteiger partial charge >= 0.3 is 0 Å². The van der Waals surface area contributed by atoms with Crippen LogP contribution in [0.4, 0.5) is 0 Å². The summed E-state index contributed by atoms with van der Waals surface area (Å²) in [4.78, 5) is 12.2. The molecule has 0 aliphatic carbocycles. The Hall–Kier alpha value is -1.57. The van der Waals surface area contributed by atoms with Gasteiger partial charge in [-0.25, -0.2) is 8.42 Å².